The standard InChI is InChI=1S/C31H35FN4O4S/c1-7-40-27(38)21-15-41-29(34-21)36-26(37)25-23(18-10-8-9-17(3)24(18)32)31(22(35-25)14-30(4,5)6)19-12-11-16(2)13-20(19)33-28(31)39/h8-13,15,22-23,25,35H,7,14H2,1-6H3,(H,33,39)(H,34,36,37)/t22?,23?,25-,31-/m1/s1. The Hall–Kier alpha value is -3.63. The lowest BCUT2D eigenvalue weighted by Gasteiger charge is -2.37. The summed E-state index contributed by atoms with van der Waals surface area (Å²) in [6.07, 6.45) is 0.547. The van der Waals surface area contributed by atoms with Gasteiger partial charge in [-0.15, -0.1) is 11.3 Å². The van der Waals surface area contributed by atoms with Gasteiger partial charge in [0.25, 0.3) is 0 Å². The van der Waals surface area contributed by atoms with Crippen LogP contribution in [0.4, 0.5) is 15.2 Å². The Labute approximate surface area is 243 Å². The van der Waals surface area contributed by atoms with Gasteiger partial charge in [-0.2, -0.15) is 0 Å². The monoisotopic (exact) mass is 578 g/mol. The fraction of sp³-hybridized carbons (Fsp3) is 0.419. The van der Waals surface area contributed by atoms with E-state index < -0.39 is 41.1 Å². The van der Waals surface area contributed by atoms with E-state index in [2.05, 4.69) is 41.7 Å². The average molecular weight is 579 g/mol. The predicted octanol–water partition coefficient (Wildman–Crippen LogP) is 5.46. The number of ether oxygens (including phenoxy) is 1. The van der Waals surface area contributed by atoms with E-state index in [9.17, 15) is 14.4 Å². The number of carbonyl (C=O) groups is 3. The van der Waals surface area contributed by atoms with Gasteiger partial charge in [0.05, 0.1) is 12.6 Å². The van der Waals surface area contributed by atoms with Gasteiger partial charge in [-0.1, -0.05) is 51.1 Å². The number of fused-ring (bicyclic) bond motifs is 2. The Balaban J connectivity index is 1.66. The van der Waals surface area contributed by atoms with Gasteiger partial charge in [0.15, 0.2) is 10.8 Å². The molecule has 0 saturated carbocycles. The van der Waals surface area contributed by atoms with Crippen molar-refractivity contribution >= 4 is 39.9 Å². The summed E-state index contributed by atoms with van der Waals surface area (Å²) in [5, 5.41) is 11.1. The highest BCUT2D eigenvalue weighted by Gasteiger charge is 2.66. The Kier molecular flexibility index (Phi) is 7.50. The molecule has 2 aliphatic rings. The fourth-order valence-electron chi connectivity index (χ4n) is 6.26. The minimum Gasteiger partial charge on any atom is -0.461 e. The molecule has 0 bridgehead atoms. The molecule has 2 aromatic carbocycles. The molecule has 8 nitrogen and oxygen atoms in total. The van der Waals surface area contributed by atoms with Crippen LogP contribution in [-0.2, 0) is 19.7 Å². The highest BCUT2D eigenvalue weighted by atomic mass is 32.1. The number of aryl methyl sites for hydroxylation is 2. The van der Waals surface area contributed by atoms with Crippen LogP contribution in [0.25, 0.3) is 0 Å². The maximum atomic E-state index is 16.0. The number of anilines is 2. The van der Waals surface area contributed by atoms with Crippen molar-refractivity contribution in [2.75, 3.05) is 17.2 Å². The van der Waals surface area contributed by atoms with E-state index in [0.29, 0.717) is 23.2 Å². The van der Waals surface area contributed by atoms with Gasteiger partial charge in [0.2, 0.25) is 11.8 Å². The SMILES string of the molecule is CCOC(=O)c1csc(NC(=O)[C@@H]2NC(CC(C)(C)C)[C@@]3(C(=O)Nc4cc(C)ccc43)C2c2cccc(C)c2F)n1. The fourth-order valence-corrected chi connectivity index (χ4v) is 6.94. The van der Waals surface area contributed by atoms with Crippen molar-refractivity contribution in [3.05, 3.63) is 75.5 Å². The quantitative estimate of drug-likeness (QED) is 0.335. The minimum absolute atomic E-state index is 0.0920. The van der Waals surface area contributed by atoms with Gasteiger partial charge in [-0.05, 0) is 60.9 Å². The second kappa shape index (κ2) is 10.6. The largest absolute Gasteiger partial charge is 0.461 e. The molecule has 4 atom stereocenters. The third-order valence-corrected chi connectivity index (χ3v) is 8.63. The predicted molar refractivity (Wildman–Crippen MR) is 157 cm³/mol. The molecule has 5 rings (SSSR count). The zero-order chi connectivity index (χ0) is 29.7. The van der Waals surface area contributed by atoms with E-state index in [1.807, 2.05) is 25.1 Å². The van der Waals surface area contributed by atoms with Crippen molar-refractivity contribution in [3.8, 4) is 0 Å². The molecule has 216 valence electrons. The summed E-state index contributed by atoms with van der Waals surface area (Å²) in [4.78, 5) is 44.7. The molecule has 10 heteroatoms. The van der Waals surface area contributed by atoms with E-state index in [1.54, 1.807) is 32.0 Å². The number of benzene rings is 2. The molecule has 3 heterocycles. The summed E-state index contributed by atoms with van der Waals surface area (Å²) in [5.41, 5.74) is 1.74. The molecule has 1 aromatic heterocycles. The van der Waals surface area contributed by atoms with E-state index >= 15 is 4.39 Å². The van der Waals surface area contributed by atoms with E-state index in [1.165, 1.54) is 5.38 Å². The van der Waals surface area contributed by atoms with Gasteiger partial charge >= 0.3 is 5.97 Å². The Morgan fingerprint density at radius 1 is 1.20 bits per heavy atom. The van der Waals surface area contributed by atoms with Crippen LogP contribution in [0.3, 0.4) is 0 Å². The number of esters is 1. The number of nitrogens with one attached hydrogen (secondary N) is 3. The highest BCUT2D eigenvalue weighted by molar-refractivity contribution is 7.14. The van der Waals surface area contributed by atoms with Crippen molar-refractivity contribution < 1.29 is 23.5 Å². The third-order valence-electron chi connectivity index (χ3n) is 7.87. The van der Waals surface area contributed by atoms with Crippen molar-refractivity contribution in [1.29, 1.82) is 0 Å². The molecule has 0 aliphatic carbocycles. The number of thiazole rings is 1. The van der Waals surface area contributed by atoms with Crippen LogP contribution in [0.15, 0.2) is 41.8 Å². The summed E-state index contributed by atoms with van der Waals surface area (Å²) >= 11 is 1.09. The first kappa shape index (κ1) is 28.9. The van der Waals surface area contributed by atoms with E-state index in [-0.39, 0.29) is 28.8 Å². The molecule has 41 heavy (non-hydrogen) atoms. The number of aromatic nitrogens is 1. The number of amides is 2. The molecule has 3 aromatic rings. The number of hydrogen-bond acceptors (Lipinski definition) is 7. The lowest BCUT2D eigenvalue weighted by Crippen LogP contribution is -2.49. The molecular weight excluding hydrogens is 543 g/mol. The lowest BCUT2D eigenvalue weighted by molar-refractivity contribution is -0.122. The number of carbonyl (C=O) groups excluding carboxylic acids is 3. The van der Waals surface area contributed by atoms with Gasteiger partial charge in [-0.25, -0.2) is 14.2 Å². The summed E-state index contributed by atoms with van der Waals surface area (Å²) in [5.74, 6) is -2.63. The normalized spacial score (nSPS) is 23.4. The number of halogens is 1. The van der Waals surface area contributed by atoms with Crippen LogP contribution >= 0.6 is 11.3 Å². The molecule has 2 amide bonds. The molecule has 1 spiro atoms. The van der Waals surface area contributed by atoms with Crippen LogP contribution < -0.4 is 16.0 Å². The van der Waals surface area contributed by atoms with Crippen LogP contribution in [0.5, 0.6) is 0 Å². The van der Waals surface area contributed by atoms with Gasteiger partial charge in [-0.3, -0.25) is 9.59 Å². The Morgan fingerprint density at radius 3 is 2.66 bits per heavy atom. The number of hydrogen-bond donors (Lipinski definition) is 3. The first-order valence-corrected chi connectivity index (χ1v) is 14.6. The second-order valence-electron chi connectivity index (χ2n) is 12.0. The smallest absolute Gasteiger partial charge is 0.357 e. The molecule has 3 N–H and O–H groups in total. The number of rotatable bonds is 6. The first-order valence-electron chi connectivity index (χ1n) is 13.7. The molecule has 1 saturated heterocycles. The average Bonchev–Trinajstić information content (AvgIpc) is 3.56. The van der Waals surface area contributed by atoms with E-state index in [0.717, 1.165) is 22.5 Å². The van der Waals surface area contributed by atoms with Crippen LogP contribution in [-0.4, -0.2) is 41.5 Å². The summed E-state index contributed by atoms with van der Waals surface area (Å²) in [6, 6.07) is 9.41. The second-order valence-corrected chi connectivity index (χ2v) is 12.9. The van der Waals surface area contributed by atoms with E-state index in [4.69, 9.17) is 4.74 Å². The molecular formula is C31H35FN4O4S. The topological polar surface area (TPSA) is 109 Å². The Bertz CT molecular complexity index is 1530. The molecule has 2 aliphatic heterocycles. The molecule has 1 fully saturated rings. The number of nitrogens with zero attached hydrogens (tertiary/aromatic N) is 1. The Morgan fingerprint density at radius 2 is 1.95 bits per heavy atom. The lowest BCUT2D eigenvalue weighted by atomic mass is 9.62. The van der Waals surface area contributed by atoms with Gasteiger partial charge < -0.3 is 20.7 Å². The van der Waals surface area contributed by atoms with Crippen LogP contribution in [0.1, 0.15) is 72.8 Å². The van der Waals surface area contributed by atoms with Gasteiger partial charge in [0.1, 0.15) is 11.2 Å². The molecule has 2 unspecified atom stereocenters. The van der Waals surface area contributed by atoms with Crippen molar-refractivity contribution in [2.24, 2.45) is 5.41 Å². The van der Waals surface area contributed by atoms with Crippen LogP contribution in [0.2, 0.25) is 0 Å². The highest BCUT2D eigenvalue weighted by Crippen LogP contribution is 2.57. The van der Waals surface area contributed by atoms with Crippen LogP contribution in [0, 0.1) is 25.1 Å². The minimum atomic E-state index is -1.26. The zero-order valence-corrected chi connectivity index (χ0v) is 24.9. The summed E-state index contributed by atoms with van der Waals surface area (Å²) in [7, 11) is 0. The maximum Gasteiger partial charge on any atom is 0.357 e. The van der Waals surface area contributed by atoms with Crippen molar-refractivity contribution in [2.45, 2.75) is 71.4 Å². The van der Waals surface area contributed by atoms with Crippen molar-refractivity contribution in [3.63, 3.8) is 0 Å². The summed E-state index contributed by atoms with van der Waals surface area (Å²) < 4.78 is 21.0. The summed E-state index contributed by atoms with van der Waals surface area (Å²) in [6.45, 7) is 11.8. The van der Waals surface area contributed by atoms with Gasteiger partial charge in [0, 0.05) is 23.0 Å². The maximum absolute atomic E-state index is 16.0. The molecule has 0 radical (unpaired) electrons. The zero-order valence-electron chi connectivity index (χ0n) is 24.1. The third kappa shape index (κ3) is 5.04. The van der Waals surface area contributed by atoms with Crippen molar-refractivity contribution in [1.82, 2.24) is 10.3 Å². The first-order chi connectivity index (χ1) is 19.4.